The fraction of sp³-hybridized carbons (Fsp3) is 0.273. The van der Waals surface area contributed by atoms with Crippen molar-refractivity contribution in [1.29, 1.82) is 0 Å². The average molecular weight is 591 g/mol. The van der Waals surface area contributed by atoms with Crippen molar-refractivity contribution in [3.05, 3.63) is 58.6 Å². The molecule has 0 bridgehead atoms. The highest BCUT2D eigenvalue weighted by atomic mass is 35.5. The number of guanidine groups is 4. The summed E-state index contributed by atoms with van der Waals surface area (Å²) >= 11 is 11.7. The van der Waals surface area contributed by atoms with Gasteiger partial charge in [0, 0.05) is 48.5 Å². The Bertz CT molecular complexity index is 1090. The summed E-state index contributed by atoms with van der Waals surface area (Å²) in [6, 6.07) is 14.0. The maximum atomic E-state index is 6.12. The lowest BCUT2D eigenvalue weighted by Gasteiger charge is -2.34. The number of benzene rings is 2. The van der Waals surface area contributed by atoms with Crippen molar-refractivity contribution in [2.75, 3.05) is 44.6 Å². The van der Waals surface area contributed by atoms with Crippen LogP contribution in [0.4, 0.5) is 11.4 Å². The van der Waals surface area contributed by atoms with Crippen LogP contribution in [0.3, 0.4) is 0 Å². The smallest absolute Gasteiger partial charge is 0.223 e. The van der Waals surface area contributed by atoms with Crippen LogP contribution in [-0.2, 0) is 0 Å². The molecule has 11 nitrogen and oxygen atoms in total. The monoisotopic (exact) mass is 589 g/mol. The van der Waals surface area contributed by atoms with Crippen LogP contribution in [-0.4, -0.2) is 72.9 Å². The lowest BCUT2D eigenvalue weighted by molar-refractivity contribution is 0.185. The molecule has 1 aliphatic rings. The van der Waals surface area contributed by atoms with Gasteiger partial charge in [0.15, 0.2) is 5.96 Å². The summed E-state index contributed by atoms with van der Waals surface area (Å²) in [4.78, 5) is 21.0. The topological polar surface area (TPSA) is 172 Å². The van der Waals surface area contributed by atoms with Crippen LogP contribution in [0.15, 0.2) is 68.5 Å². The van der Waals surface area contributed by atoms with E-state index in [4.69, 9.17) is 46.1 Å². The summed E-state index contributed by atoms with van der Waals surface area (Å²) in [7, 11) is 0. The first-order valence-electron chi connectivity index (χ1n) is 10.9. The number of nitrogens with one attached hydrogen (secondary N) is 1. The molecule has 0 saturated carbocycles. The molecule has 0 spiro atoms. The van der Waals surface area contributed by atoms with Crippen molar-refractivity contribution < 1.29 is 0 Å². The number of hydrogen-bond donors (Lipinski definition) is 5. The highest BCUT2D eigenvalue weighted by molar-refractivity contribution is 6.31. The molecule has 0 radical (unpaired) electrons. The zero-order valence-corrected chi connectivity index (χ0v) is 23.1. The first-order chi connectivity index (χ1) is 16.8. The van der Waals surface area contributed by atoms with Crippen LogP contribution in [0, 0.1) is 0 Å². The third-order valence-corrected chi connectivity index (χ3v) is 5.54. The standard InChI is InChI=1S/C22H29Cl2N11.2ClH/c23-15-1-5-17(6-2-15)30-20(26)32-19(25)29-9-10-34-11-13-35(14-12-34)22(28)33-21(27)31-18-7-3-16(24)4-8-18;;/h1-8H,9-14H2,(H4,27,28,31,33)(H5,25,26,29,30,32);2*1H. The van der Waals surface area contributed by atoms with E-state index in [0.29, 0.717) is 41.3 Å². The molecule has 1 aliphatic heterocycles. The Balaban J connectivity index is 0.00000342. The van der Waals surface area contributed by atoms with E-state index in [1.165, 1.54) is 0 Å². The fourth-order valence-electron chi connectivity index (χ4n) is 3.24. The third kappa shape index (κ3) is 11.3. The van der Waals surface area contributed by atoms with E-state index >= 15 is 0 Å². The molecule has 0 amide bonds. The van der Waals surface area contributed by atoms with Crippen LogP contribution in [0.5, 0.6) is 0 Å². The molecule has 2 aromatic rings. The van der Waals surface area contributed by atoms with Gasteiger partial charge in [-0.15, -0.1) is 24.8 Å². The summed E-state index contributed by atoms with van der Waals surface area (Å²) < 4.78 is 0. The normalized spacial score (nSPS) is 15.6. The number of nitrogens with zero attached hydrogens (tertiary/aromatic N) is 6. The summed E-state index contributed by atoms with van der Waals surface area (Å²) in [5, 5.41) is 4.19. The molecule has 1 saturated heterocycles. The van der Waals surface area contributed by atoms with Gasteiger partial charge in [0.1, 0.15) is 0 Å². The minimum atomic E-state index is 0. The summed E-state index contributed by atoms with van der Waals surface area (Å²) in [5.41, 5.74) is 25.2. The highest BCUT2D eigenvalue weighted by Gasteiger charge is 2.18. The van der Waals surface area contributed by atoms with Gasteiger partial charge in [-0.05, 0) is 48.5 Å². The second-order valence-corrected chi connectivity index (χ2v) is 8.49. The molecule has 37 heavy (non-hydrogen) atoms. The summed E-state index contributed by atoms with van der Waals surface area (Å²) in [5.74, 6) is 0.674. The number of nitrogens with two attached hydrogens (primary N) is 4. The molecule has 3 rings (SSSR count). The molecule has 0 aromatic heterocycles. The highest BCUT2D eigenvalue weighted by Crippen LogP contribution is 2.16. The van der Waals surface area contributed by atoms with E-state index in [9.17, 15) is 0 Å². The number of anilines is 1. The molecule has 0 unspecified atom stereocenters. The molecule has 2 aromatic carbocycles. The van der Waals surface area contributed by atoms with E-state index in [1.807, 2.05) is 4.90 Å². The van der Waals surface area contributed by atoms with Crippen molar-refractivity contribution in [3.8, 4) is 0 Å². The van der Waals surface area contributed by atoms with E-state index < -0.39 is 0 Å². The maximum Gasteiger partial charge on any atom is 0.223 e. The van der Waals surface area contributed by atoms with Crippen molar-refractivity contribution in [2.45, 2.75) is 0 Å². The number of hydrogen-bond acceptors (Lipinski definition) is 3. The molecule has 1 heterocycles. The Morgan fingerprint density at radius 2 is 1.35 bits per heavy atom. The van der Waals surface area contributed by atoms with Gasteiger partial charge in [-0.1, -0.05) is 23.2 Å². The molecule has 15 heteroatoms. The van der Waals surface area contributed by atoms with Gasteiger partial charge in [-0.25, -0.2) is 4.99 Å². The first-order valence-corrected chi connectivity index (χ1v) is 11.6. The molecule has 202 valence electrons. The second-order valence-electron chi connectivity index (χ2n) is 7.61. The van der Waals surface area contributed by atoms with Gasteiger partial charge >= 0.3 is 0 Å². The number of halogens is 4. The minimum Gasteiger partial charge on any atom is -0.369 e. The van der Waals surface area contributed by atoms with Gasteiger partial charge in [-0.2, -0.15) is 9.98 Å². The SMILES string of the molecule is Cl.Cl.NC(=NCCN1CCN(/C(N)=N/C(N)=Nc2ccc(Cl)cc2)CC1)/N=C(\N)Nc1ccc(Cl)cc1. The van der Waals surface area contributed by atoms with Crippen molar-refractivity contribution in [2.24, 2.45) is 42.9 Å². The largest absolute Gasteiger partial charge is 0.369 e. The quantitative estimate of drug-likeness (QED) is 0.263. The number of piperazine rings is 1. The van der Waals surface area contributed by atoms with Crippen molar-refractivity contribution in [3.63, 3.8) is 0 Å². The molecule has 0 atom stereocenters. The van der Waals surface area contributed by atoms with Gasteiger partial charge < -0.3 is 33.2 Å². The Kier molecular flexibility index (Phi) is 13.9. The van der Waals surface area contributed by atoms with Gasteiger partial charge in [-0.3, -0.25) is 9.89 Å². The Hall–Kier alpha value is -2.96. The summed E-state index contributed by atoms with van der Waals surface area (Å²) in [6.45, 7) is 4.23. The first kappa shape index (κ1) is 32.1. The van der Waals surface area contributed by atoms with E-state index in [0.717, 1.165) is 25.3 Å². The van der Waals surface area contributed by atoms with Crippen LogP contribution < -0.4 is 28.3 Å². The average Bonchev–Trinajstić information content (AvgIpc) is 2.82. The van der Waals surface area contributed by atoms with Crippen LogP contribution in [0.2, 0.25) is 10.0 Å². The molecule has 9 N–H and O–H groups in total. The fourth-order valence-corrected chi connectivity index (χ4v) is 3.49. The van der Waals surface area contributed by atoms with Crippen LogP contribution in [0.1, 0.15) is 0 Å². The molecule has 0 aliphatic carbocycles. The van der Waals surface area contributed by atoms with E-state index in [2.05, 4.69) is 30.2 Å². The number of aliphatic imine (C=N–C) groups is 4. The molecular formula is C22H31Cl4N11. The second kappa shape index (κ2) is 16.0. The zero-order chi connectivity index (χ0) is 25.2. The predicted molar refractivity (Wildman–Crippen MR) is 160 cm³/mol. The lowest BCUT2D eigenvalue weighted by atomic mass is 10.3. The molecule has 1 fully saturated rings. The van der Waals surface area contributed by atoms with Crippen molar-refractivity contribution >= 4 is 83.2 Å². The van der Waals surface area contributed by atoms with E-state index in [1.54, 1.807) is 48.5 Å². The third-order valence-electron chi connectivity index (χ3n) is 5.04. The number of rotatable bonds is 5. The lowest BCUT2D eigenvalue weighted by Crippen LogP contribution is -2.51. The van der Waals surface area contributed by atoms with E-state index in [-0.39, 0.29) is 42.7 Å². The Labute approximate surface area is 238 Å². The van der Waals surface area contributed by atoms with Gasteiger partial charge in [0.25, 0.3) is 0 Å². The Morgan fingerprint density at radius 3 is 1.95 bits per heavy atom. The van der Waals surface area contributed by atoms with Crippen LogP contribution in [0.25, 0.3) is 0 Å². The Morgan fingerprint density at radius 1 is 0.784 bits per heavy atom. The van der Waals surface area contributed by atoms with Crippen molar-refractivity contribution in [1.82, 2.24) is 9.80 Å². The predicted octanol–water partition coefficient (Wildman–Crippen LogP) is 2.46. The zero-order valence-electron chi connectivity index (χ0n) is 19.9. The van der Waals surface area contributed by atoms with Crippen LogP contribution >= 0.6 is 48.0 Å². The van der Waals surface area contributed by atoms with Gasteiger partial charge in [0.2, 0.25) is 17.9 Å². The maximum absolute atomic E-state index is 6.12. The summed E-state index contributed by atoms with van der Waals surface area (Å²) in [6.07, 6.45) is 0. The molecular weight excluding hydrogens is 560 g/mol. The minimum absolute atomic E-state index is 0. The van der Waals surface area contributed by atoms with Gasteiger partial charge in [0.05, 0.1) is 12.2 Å².